The molecule has 0 aliphatic heterocycles. The lowest BCUT2D eigenvalue weighted by molar-refractivity contribution is -0.132. The van der Waals surface area contributed by atoms with Crippen LogP contribution in [0.5, 0.6) is 0 Å². The first-order chi connectivity index (χ1) is 16.0. The van der Waals surface area contributed by atoms with Gasteiger partial charge in [0.05, 0.1) is 6.26 Å². The molecular formula is C27H29N3O3. The third-order valence-corrected chi connectivity index (χ3v) is 5.82. The summed E-state index contributed by atoms with van der Waals surface area (Å²) in [5.41, 5.74) is 3.31. The Balaban J connectivity index is 1.52. The highest BCUT2D eigenvalue weighted by Gasteiger charge is 2.26. The van der Waals surface area contributed by atoms with E-state index < -0.39 is 0 Å². The molecule has 0 aliphatic carbocycles. The normalized spacial score (nSPS) is 11.1. The number of aromatic amines is 1. The van der Waals surface area contributed by atoms with E-state index in [-0.39, 0.29) is 30.2 Å². The van der Waals surface area contributed by atoms with Gasteiger partial charge in [-0.2, -0.15) is 0 Å². The number of nitrogens with zero attached hydrogens (tertiary/aromatic N) is 2. The van der Waals surface area contributed by atoms with E-state index in [4.69, 9.17) is 4.42 Å². The van der Waals surface area contributed by atoms with Gasteiger partial charge in [0.15, 0.2) is 5.76 Å². The maximum Gasteiger partial charge on any atom is 0.290 e. The number of para-hydroxylation sites is 1. The lowest BCUT2D eigenvalue weighted by Crippen LogP contribution is -2.46. The predicted octanol–water partition coefficient (Wildman–Crippen LogP) is 4.88. The quantitative estimate of drug-likeness (QED) is 0.401. The topological polar surface area (TPSA) is 69.6 Å². The van der Waals surface area contributed by atoms with Crippen molar-refractivity contribution in [2.24, 2.45) is 0 Å². The highest BCUT2D eigenvalue weighted by molar-refractivity contribution is 5.94. The number of hydrogen-bond donors (Lipinski definition) is 1. The zero-order valence-corrected chi connectivity index (χ0v) is 19.0. The molecule has 0 bridgehead atoms. The number of carbonyl (C=O) groups excluding carboxylic acids is 2. The average Bonchev–Trinajstić information content (AvgIpc) is 3.50. The van der Waals surface area contributed by atoms with Crippen molar-refractivity contribution in [1.82, 2.24) is 14.8 Å². The Bertz CT molecular complexity index is 1200. The van der Waals surface area contributed by atoms with E-state index in [2.05, 4.69) is 11.1 Å². The summed E-state index contributed by atoms with van der Waals surface area (Å²) in [7, 11) is 0. The Morgan fingerprint density at radius 2 is 1.73 bits per heavy atom. The van der Waals surface area contributed by atoms with Crippen molar-refractivity contribution in [2.45, 2.75) is 32.9 Å². The molecule has 1 N–H and O–H groups in total. The van der Waals surface area contributed by atoms with Crippen molar-refractivity contribution >= 4 is 22.7 Å². The van der Waals surface area contributed by atoms with Crippen LogP contribution >= 0.6 is 0 Å². The molecule has 2 amide bonds. The summed E-state index contributed by atoms with van der Waals surface area (Å²) in [5.74, 6) is -0.128. The van der Waals surface area contributed by atoms with Gasteiger partial charge in [0.1, 0.15) is 6.54 Å². The van der Waals surface area contributed by atoms with Crippen LogP contribution in [0, 0.1) is 0 Å². The molecule has 0 saturated carbocycles. The predicted molar refractivity (Wildman–Crippen MR) is 129 cm³/mol. The minimum Gasteiger partial charge on any atom is -0.459 e. The molecule has 0 radical (unpaired) electrons. The van der Waals surface area contributed by atoms with E-state index in [9.17, 15) is 9.59 Å². The molecule has 2 aromatic carbocycles. The van der Waals surface area contributed by atoms with Gasteiger partial charge in [0, 0.05) is 36.2 Å². The maximum absolute atomic E-state index is 13.5. The van der Waals surface area contributed by atoms with Crippen LogP contribution in [-0.2, 0) is 17.8 Å². The third kappa shape index (κ3) is 5.34. The van der Waals surface area contributed by atoms with Gasteiger partial charge in [-0.15, -0.1) is 0 Å². The van der Waals surface area contributed by atoms with Crippen molar-refractivity contribution in [3.8, 4) is 0 Å². The highest BCUT2D eigenvalue weighted by Crippen LogP contribution is 2.19. The van der Waals surface area contributed by atoms with E-state index in [1.54, 1.807) is 17.0 Å². The van der Waals surface area contributed by atoms with Crippen LogP contribution in [-0.4, -0.2) is 45.7 Å². The Morgan fingerprint density at radius 1 is 0.970 bits per heavy atom. The monoisotopic (exact) mass is 443 g/mol. The molecule has 6 nitrogen and oxygen atoms in total. The van der Waals surface area contributed by atoms with E-state index in [0.29, 0.717) is 13.1 Å². The minimum absolute atomic E-state index is 0.00207. The lowest BCUT2D eigenvalue weighted by atomic mass is 10.1. The first-order valence-electron chi connectivity index (χ1n) is 11.2. The number of furan rings is 1. The number of carbonyl (C=O) groups is 2. The van der Waals surface area contributed by atoms with Gasteiger partial charge in [-0.25, -0.2) is 0 Å². The number of H-pyrrole nitrogens is 1. The number of nitrogens with one attached hydrogen (secondary N) is 1. The van der Waals surface area contributed by atoms with Gasteiger partial charge >= 0.3 is 0 Å². The first-order valence-corrected chi connectivity index (χ1v) is 11.2. The number of rotatable bonds is 9. The Hall–Kier alpha value is -3.80. The van der Waals surface area contributed by atoms with Crippen LogP contribution in [0.4, 0.5) is 0 Å². The van der Waals surface area contributed by atoms with Gasteiger partial charge < -0.3 is 19.2 Å². The summed E-state index contributed by atoms with van der Waals surface area (Å²) < 4.78 is 5.28. The van der Waals surface area contributed by atoms with Crippen LogP contribution in [0.2, 0.25) is 0 Å². The van der Waals surface area contributed by atoms with Crippen LogP contribution in [0.15, 0.2) is 83.6 Å². The second-order valence-electron chi connectivity index (χ2n) is 8.41. The van der Waals surface area contributed by atoms with Gasteiger partial charge in [0.2, 0.25) is 5.91 Å². The van der Waals surface area contributed by atoms with Crippen molar-refractivity contribution in [2.75, 3.05) is 13.1 Å². The Kier molecular flexibility index (Phi) is 6.93. The van der Waals surface area contributed by atoms with Crippen LogP contribution in [0.3, 0.4) is 0 Å². The molecule has 0 fully saturated rings. The second-order valence-corrected chi connectivity index (χ2v) is 8.41. The molecule has 0 atom stereocenters. The minimum atomic E-state index is -0.278. The third-order valence-electron chi connectivity index (χ3n) is 5.82. The number of fused-ring (bicyclic) bond motifs is 1. The van der Waals surface area contributed by atoms with Crippen molar-refractivity contribution in [3.05, 3.63) is 96.1 Å². The largest absolute Gasteiger partial charge is 0.459 e. The van der Waals surface area contributed by atoms with Crippen molar-refractivity contribution in [3.63, 3.8) is 0 Å². The fraction of sp³-hybridized carbons (Fsp3) is 0.259. The molecule has 4 rings (SSSR count). The van der Waals surface area contributed by atoms with Gasteiger partial charge in [-0.05, 0) is 49.6 Å². The molecule has 33 heavy (non-hydrogen) atoms. The van der Waals surface area contributed by atoms with Crippen LogP contribution in [0.1, 0.15) is 35.5 Å². The summed E-state index contributed by atoms with van der Waals surface area (Å²) in [6, 6.07) is 21.3. The molecule has 2 aromatic heterocycles. The molecule has 6 heteroatoms. The van der Waals surface area contributed by atoms with Crippen molar-refractivity contribution < 1.29 is 14.0 Å². The average molecular weight is 444 g/mol. The fourth-order valence-electron chi connectivity index (χ4n) is 3.97. The maximum atomic E-state index is 13.5. The zero-order chi connectivity index (χ0) is 23.2. The van der Waals surface area contributed by atoms with Crippen molar-refractivity contribution in [1.29, 1.82) is 0 Å². The van der Waals surface area contributed by atoms with Crippen LogP contribution in [0.25, 0.3) is 10.9 Å². The van der Waals surface area contributed by atoms with Gasteiger partial charge in [-0.3, -0.25) is 9.59 Å². The summed E-state index contributed by atoms with van der Waals surface area (Å²) in [6.45, 7) is 4.85. The summed E-state index contributed by atoms with van der Waals surface area (Å²) >= 11 is 0. The smallest absolute Gasteiger partial charge is 0.290 e. The molecule has 170 valence electrons. The second kappa shape index (κ2) is 10.2. The van der Waals surface area contributed by atoms with E-state index >= 15 is 0 Å². The molecule has 4 aromatic rings. The number of hydrogen-bond acceptors (Lipinski definition) is 3. The molecule has 2 heterocycles. The van der Waals surface area contributed by atoms with Gasteiger partial charge in [-0.1, -0.05) is 48.5 Å². The van der Waals surface area contributed by atoms with E-state index in [0.717, 1.165) is 17.5 Å². The van der Waals surface area contributed by atoms with Crippen LogP contribution < -0.4 is 0 Å². The molecule has 0 aliphatic rings. The summed E-state index contributed by atoms with van der Waals surface area (Å²) in [6.07, 6.45) is 4.20. The molecule has 0 unspecified atom stereocenters. The zero-order valence-electron chi connectivity index (χ0n) is 19.0. The highest BCUT2D eigenvalue weighted by atomic mass is 16.3. The lowest BCUT2D eigenvalue weighted by Gasteiger charge is -2.29. The summed E-state index contributed by atoms with van der Waals surface area (Å²) in [4.78, 5) is 33.1. The van der Waals surface area contributed by atoms with Gasteiger partial charge in [0.25, 0.3) is 5.91 Å². The van der Waals surface area contributed by atoms with E-state index in [1.807, 2.05) is 73.5 Å². The number of amides is 2. The number of aromatic nitrogens is 1. The van der Waals surface area contributed by atoms with E-state index in [1.165, 1.54) is 17.2 Å². The molecule has 0 spiro atoms. The standard InChI is InChI=1S/C27H29N3O3/c1-20(2)30(27(32)25-13-8-16-33-25)19-26(31)29(18-21-9-4-3-5-10-21)15-14-22-17-28-24-12-7-6-11-23(22)24/h3-13,16-17,20,28H,14-15,18-19H2,1-2H3. The number of benzene rings is 2. The fourth-order valence-corrected chi connectivity index (χ4v) is 3.97. The Labute approximate surface area is 193 Å². The first kappa shape index (κ1) is 22.4. The SMILES string of the molecule is CC(C)N(CC(=O)N(CCc1c[nH]c2ccccc12)Cc1ccccc1)C(=O)c1ccco1. The Morgan fingerprint density at radius 3 is 2.45 bits per heavy atom. The summed E-state index contributed by atoms with van der Waals surface area (Å²) in [5, 5.41) is 1.17. The molecule has 0 saturated heterocycles. The molecular weight excluding hydrogens is 414 g/mol.